The molecule has 3 rings (SSSR count). The van der Waals surface area contributed by atoms with Crippen LogP contribution in [0.3, 0.4) is 0 Å². The van der Waals surface area contributed by atoms with E-state index in [1.165, 1.54) is 0 Å². The number of amides is 2. The average molecular weight is 412 g/mol. The number of carbonyl (C=O) groups is 2. The highest BCUT2D eigenvalue weighted by Crippen LogP contribution is 2.39. The van der Waals surface area contributed by atoms with Crippen molar-refractivity contribution in [1.82, 2.24) is 0 Å². The Hall–Kier alpha value is -3.22. The first-order chi connectivity index (χ1) is 14.5. The minimum absolute atomic E-state index is 0.120. The summed E-state index contributed by atoms with van der Waals surface area (Å²) in [5.41, 5.74) is 8.02. The fourth-order valence-electron chi connectivity index (χ4n) is 3.77. The largest absolute Gasteiger partial charge is 0.493 e. The van der Waals surface area contributed by atoms with Crippen LogP contribution >= 0.6 is 0 Å². The summed E-state index contributed by atoms with van der Waals surface area (Å²) in [6.07, 6.45) is 1.13. The van der Waals surface area contributed by atoms with Crippen molar-refractivity contribution in [3.63, 3.8) is 0 Å². The first-order valence-corrected chi connectivity index (χ1v) is 10.3. The van der Waals surface area contributed by atoms with Gasteiger partial charge in [-0.05, 0) is 49.2 Å². The number of ether oxygens (including phenoxy) is 2. The monoisotopic (exact) mass is 411 g/mol. The molecule has 0 fully saturated rings. The lowest BCUT2D eigenvalue weighted by molar-refractivity contribution is -0.118. The van der Waals surface area contributed by atoms with Crippen molar-refractivity contribution in [2.75, 3.05) is 23.4 Å². The van der Waals surface area contributed by atoms with Crippen LogP contribution in [0.15, 0.2) is 48.5 Å². The van der Waals surface area contributed by atoms with Gasteiger partial charge in [0.15, 0.2) is 0 Å². The third-order valence-electron chi connectivity index (χ3n) is 5.16. The van der Waals surface area contributed by atoms with Gasteiger partial charge in [-0.15, -0.1) is 0 Å². The molecule has 3 N–H and O–H groups in total. The zero-order valence-corrected chi connectivity index (χ0v) is 17.5. The van der Waals surface area contributed by atoms with Crippen LogP contribution in [0.25, 0.3) is 0 Å². The summed E-state index contributed by atoms with van der Waals surface area (Å²) < 4.78 is 10.3. The molecular weight excluding hydrogens is 382 g/mol. The lowest BCUT2D eigenvalue weighted by atomic mass is 9.91. The SMILES string of the molecule is CCC(=O)N1c2ccccc2[C@H](Nc2ccc(OCCCOC(N)=O)cc2)C[C@@H]1C. The van der Waals surface area contributed by atoms with Crippen LogP contribution in [0.2, 0.25) is 0 Å². The molecule has 0 aliphatic carbocycles. The van der Waals surface area contributed by atoms with E-state index in [0.29, 0.717) is 19.4 Å². The maximum absolute atomic E-state index is 12.5. The van der Waals surface area contributed by atoms with Gasteiger partial charge in [0.25, 0.3) is 0 Å². The molecule has 7 heteroatoms. The lowest BCUT2D eigenvalue weighted by Gasteiger charge is -2.40. The molecule has 2 amide bonds. The molecule has 2 aromatic carbocycles. The molecule has 2 atom stereocenters. The third kappa shape index (κ3) is 5.23. The Kier molecular flexibility index (Phi) is 7.17. The van der Waals surface area contributed by atoms with Gasteiger partial charge in [-0.25, -0.2) is 4.79 Å². The van der Waals surface area contributed by atoms with Gasteiger partial charge in [-0.2, -0.15) is 0 Å². The molecule has 0 aromatic heterocycles. The Bertz CT molecular complexity index is 869. The summed E-state index contributed by atoms with van der Waals surface area (Å²) in [4.78, 5) is 24.9. The van der Waals surface area contributed by atoms with E-state index in [9.17, 15) is 9.59 Å². The Morgan fingerprint density at radius 3 is 2.57 bits per heavy atom. The molecule has 0 unspecified atom stereocenters. The topological polar surface area (TPSA) is 93.9 Å². The number of nitrogens with zero attached hydrogens (tertiary/aromatic N) is 1. The van der Waals surface area contributed by atoms with Crippen LogP contribution in [0.1, 0.15) is 44.7 Å². The van der Waals surface area contributed by atoms with E-state index in [0.717, 1.165) is 29.1 Å². The second-order valence-corrected chi connectivity index (χ2v) is 7.35. The van der Waals surface area contributed by atoms with Crippen LogP contribution in [0.5, 0.6) is 5.75 Å². The Balaban J connectivity index is 1.63. The first-order valence-electron chi connectivity index (χ1n) is 10.3. The van der Waals surface area contributed by atoms with E-state index < -0.39 is 6.09 Å². The first kappa shape index (κ1) is 21.5. The number of nitrogens with one attached hydrogen (secondary N) is 1. The fraction of sp³-hybridized carbons (Fsp3) is 0.391. The smallest absolute Gasteiger partial charge is 0.404 e. The van der Waals surface area contributed by atoms with Gasteiger partial charge >= 0.3 is 6.09 Å². The van der Waals surface area contributed by atoms with Crippen LogP contribution in [-0.4, -0.2) is 31.3 Å². The zero-order valence-electron chi connectivity index (χ0n) is 17.5. The predicted molar refractivity (Wildman–Crippen MR) is 117 cm³/mol. The summed E-state index contributed by atoms with van der Waals surface area (Å²) in [7, 11) is 0. The van der Waals surface area contributed by atoms with Crippen LogP contribution in [0.4, 0.5) is 16.2 Å². The van der Waals surface area contributed by atoms with Crippen molar-refractivity contribution in [3.8, 4) is 5.75 Å². The molecule has 0 saturated carbocycles. The van der Waals surface area contributed by atoms with Crippen molar-refractivity contribution in [1.29, 1.82) is 0 Å². The van der Waals surface area contributed by atoms with Gasteiger partial charge in [0.05, 0.1) is 19.3 Å². The Labute approximate surface area is 177 Å². The highest BCUT2D eigenvalue weighted by molar-refractivity contribution is 5.95. The van der Waals surface area contributed by atoms with E-state index in [4.69, 9.17) is 10.5 Å². The van der Waals surface area contributed by atoms with Gasteiger partial charge in [0.1, 0.15) is 5.75 Å². The molecule has 0 bridgehead atoms. The highest BCUT2D eigenvalue weighted by atomic mass is 16.5. The number of carbonyl (C=O) groups excluding carboxylic acids is 2. The van der Waals surface area contributed by atoms with E-state index in [2.05, 4.69) is 23.0 Å². The van der Waals surface area contributed by atoms with E-state index in [1.54, 1.807) is 0 Å². The standard InChI is InChI=1S/C23H29N3O4/c1-3-22(27)26-16(2)15-20(19-7-4-5-8-21(19)26)25-17-9-11-18(12-10-17)29-13-6-14-30-23(24)28/h4-5,7-12,16,20,25H,3,6,13-15H2,1-2H3,(H2,24,28)/t16-,20+/m0/s1. The van der Waals surface area contributed by atoms with Gasteiger partial charge in [-0.1, -0.05) is 25.1 Å². The number of fused-ring (bicyclic) bond motifs is 1. The number of rotatable bonds is 8. The molecule has 1 heterocycles. The van der Waals surface area contributed by atoms with E-state index in [1.807, 2.05) is 54.3 Å². The Morgan fingerprint density at radius 2 is 1.87 bits per heavy atom. The molecule has 0 radical (unpaired) electrons. The number of para-hydroxylation sites is 1. The summed E-state index contributed by atoms with van der Waals surface area (Å²) in [6.45, 7) is 4.67. The van der Waals surface area contributed by atoms with Crippen molar-refractivity contribution in [2.45, 2.75) is 45.2 Å². The summed E-state index contributed by atoms with van der Waals surface area (Å²) in [5.74, 6) is 0.896. The van der Waals surface area contributed by atoms with Gasteiger partial charge < -0.3 is 25.4 Å². The van der Waals surface area contributed by atoms with Crippen LogP contribution in [0, 0.1) is 0 Å². The number of benzene rings is 2. The van der Waals surface area contributed by atoms with Gasteiger partial charge in [0, 0.05) is 30.3 Å². The molecule has 30 heavy (non-hydrogen) atoms. The Morgan fingerprint density at radius 1 is 1.13 bits per heavy atom. The third-order valence-corrected chi connectivity index (χ3v) is 5.16. The molecular formula is C23H29N3O4. The van der Waals surface area contributed by atoms with Gasteiger partial charge in [-0.3, -0.25) is 4.79 Å². The van der Waals surface area contributed by atoms with Crippen LogP contribution in [-0.2, 0) is 9.53 Å². The quantitative estimate of drug-likeness (QED) is 0.634. The summed E-state index contributed by atoms with van der Waals surface area (Å²) in [6, 6.07) is 16.1. The highest BCUT2D eigenvalue weighted by Gasteiger charge is 2.32. The summed E-state index contributed by atoms with van der Waals surface area (Å²) >= 11 is 0. The molecule has 7 nitrogen and oxygen atoms in total. The van der Waals surface area contributed by atoms with Gasteiger partial charge in [0.2, 0.25) is 5.91 Å². The van der Waals surface area contributed by atoms with Crippen molar-refractivity contribution < 1.29 is 19.1 Å². The minimum atomic E-state index is -0.772. The average Bonchev–Trinajstić information content (AvgIpc) is 2.74. The second kappa shape index (κ2) is 10.0. The van der Waals surface area contributed by atoms with Crippen molar-refractivity contribution in [2.24, 2.45) is 5.73 Å². The van der Waals surface area contributed by atoms with Crippen molar-refractivity contribution >= 4 is 23.4 Å². The second-order valence-electron chi connectivity index (χ2n) is 7.35. The number of primary amides is 1. The molecule has 1 aliphatic heterocycles. The number of nitrogens with two attached hydrogens (primary N) is 1. The fourth-order valence-corrected chi connectivity index (χ4v) is 3.77. The molecule has 0 saturated heterocycles. The molecule has 0 spiro atoms. The van der Waals surface area contributed by atoms with E-state index >= 15 is 0 Å². The van der Waals surface area contributed by atoms with E-state index in [-0.39, 0.29) is 24.6 Å². The number of hydrogen-bond donors (Lipinski definition) is 2. The lowest BCUT2D eigenvalue weighted by Crippen LogP contribution is -2.44. The minimum Gasteiger partial charge on any atom is -0.493 e. The summed E-state index contributed by atoms with van der Waals surface area (Å²) in [5, 5.41) is 3.60. The predicted octanol–water partition coefficient (Wildman–Crippen LogP) is 4.24. The number of hydrogen-bond acceptors (Lipinski definition) is 5. The maximum atomic E-state index is 12.5. The normalized spacial score (nSPS) is 17.7. The maximum Gasteiger partial charge on any atom is 0.404 e. The molecule has 2 aromatic rings. The van der Waals surface area contributed by atoms with Crippen LogP contribution < -0.4 is 20.7 Å². The number of anilines is 2. The van der Waals surface area contributed by atoms with Crippen molar-refractivity contribution in [3.05, 3.63) is 54.1 Å². The molecule has 1 aliphatic rings. The molecule has 160 valence electrons. The zero-order chi connectivity index (χ0) is 21.5.